The molecule has 4 nitrogen and oxygen atoms in total. The number of hydrogen-bond donors (Lipinski definition) is 1. The first-order valence-electron chi connectivity index (χ1n) is 8.82. The van der Waals surface area contributed by atoms with Gasteiger partial charge in [-0.25, -0.2) is 0 Å². The van der Waals surface area contributed by atoms with Crippen LogP contribution in [0.3, 0.4) is 0 Å². The summed E-state index contributed by atoms with van der Waals surface area (Å²) in [7, 11) is 0. The molecule has 4 rings (SSSR count). The molecule has 2 heterocycles. The third kappa shape index (κ3) is 3.28. The van der Waals surface area contributed by atoms with Crippen molar-refractivity contribution in [2.75, 3.05) is 0 Å². The van der Waals surface area contributed by atoms with Crippen molar-refractivity contribution in [2.45, 2.75) is 32.9 Å². The van der Waals surface area contributed by atoms with Crippen LogP contribution in [0.2, 0.25) is 0 Å². The lowest BCUT2D eigenvalue weighted by molar-refractivity contribution is 0.0924. The van der Waals surface area contributed by atoms with E-state index in [9.17, 15) is 4.79 Å². The number of nitrogens with one attached hydrogen (secondary N) is 1. The Labute approximate surface area is 166 Å². The first-order valence-corrected chi connectivity index (χ1v) is 9.61. The highest BCUT2D eigenvalue weighted by Gasteiger charge is 2.26. The molecule has 1 amide bonds. The number of benzene rings is 2. The SMILES string of the molecule is Cc1c(C(=O)NCc2ccccc2Br)oc2ccc3c(c12)C=CC(C)(C)O3. The Morgan fingerprint density at radius 3 is 2.74 bits per heavy atom. The van der Waals surface area contributed by atoms with Gasteiger partial charge in [0.15, 0.2) is 5.76 Å². The van der Waals surface area contributed by atoms with E-state index in [0.717, 1.165) is 32.3 Å². The summed E-state index contributed by atoms with van der Waals surface area (Å²) in [5.41, 5.74) is 3.12. The lowest BCUT2D eigenvalue weighted by Crippen LogP contribution is -2.27. The number of hydrogen-bond acceptors (Lipinski definition) is 3. The molecule has 1 N–H and O–H groups in total. The van der Waals surface area contributed by atoms with Crippen molar-refractivity contribution in [3.05, 3.63) is 69.4 Å². The van der Waals surface area contributed by atoms with E-state index in [1.807, 2.05) is 69.3 Å². The van der Waals surface area contributed by atoms with Gasteiger partial charge in [0.1, 0.15) is 16.9 Å². The first kappa shape index (κ1) is 17.9. The van der Waals surface area contributed by atoms with Gasteiger partial charge in [0.05, 0.1) is 0 Å². The Morgan fingerprint density at radius 1 is 1.19 bits per heavy atom. The molecule has 3 aromatic rings. The Bertz CT molecular complexity index is 1080. The highest BCUT2D eigenvalue weighted by atomic mass is 79.9. The van der Waals surface area contributed by atoms with Crippen LogP contribution in [0.4, 0.5) is 0 Å². The summed E-state index contributed by atoms with van der Waals surface area (Å²) in [5.74, 6) is 0.914. The maximum atomic E-state index is 12.7. The summed E-state index contributed by atoms with van der Waals surface area (Å²) in [6.45, 7) is 6.36. The van der Waals surface area contributed by atoms with Crippen LogP contribution < -0.4 is 10.1 Å². The summed E-state index contributed by atoms with van der Waals surface area (Å²) in [6, 6.07) is 11.6. The standard InChI is InChI=1S/C22H20BrNO3/c1-13-19-15-10-11-22(2,3)27-17(15)8-9-18(19)26-20(13)21(25)24-12-14-6-4-5-7-16(14)23/h4-11H,12H2,1-3H3,(H,24,25). The zero-order valence-corrected chi connectivity index (χ0v) is 17.0. The van der Waals surface area contributed by atoms with Crippen molar-refractivity contribution in [1.29, 1.82) is 0 Å². The van der Waals surface area contributed by atoms with Gasteiger partial charge >= 0.3 is 0 Å². The second kappa shape index (κ2) is 6.57. The summed E-state index contributed by atoms with van der Waals surface area (Å²) in [6.07, 6.45) is 4.07. The number of halogens is 1. The van der Waals surface area contributed by atoms with E-state index in [-0.39, 0.29) is 11.5 Å². The maximum Gasteiger partial charge on any atom is 0.287 e. The molecule has 0 unspecified atom stereocenters. The number of aryl methyl sites for hydroxylation is 1. The molecule has 0 spiro atoms. The van der Waals surface area contributed by atoms with E-state index >= 15 is 0 Å². The minimum Gasteiger partial charge on any atom is -0.483 e. The molecule has 2 aromatic carbocycles. The van der Waals surface area contributed by atoms with Crippen LogP contribution in [0.15, 0.2) is 51.4 Å². The van der Waals surface area contributed by atoms with Crippen LogP contribution in [0, 0.1) is 6.92 Å². The normalized spacial score (nSPS) is 14.7. The average Bonchev–Trinajstić information content (AvgIpc) is 2.97. The first-order chi connectivity index (χ1) is 12.9. The molecule has 0 bridgehead atoms. The van der Waals surface area contributed by atoms with Crippen molar-refractivity contribution in [3.63, 3.8) is 0 Å². The molecule has 0 saturated carbocycles. The molecule has 0 radical (unpaired) electrons. The van der Waals surface area contributed by atoms with Gasteiger partial charge in [0.2, 0.25) is 0 Å². The number of ether oxygens (including phenoxy) is 1. The van der Waals surface area contributed by atoms with Crippen LogP contribution >= 0.6 is 15.9 Å². The third-order valence-corrected chi connectivity index (χ3v) is 5.50. The lowest BCUT2D eigenvalue weighted by atomic mass is 9.98. The fourth-order valence-corrected chi connectivity index (χ4v) is 3.75. The molecule has 0 atom stereocenters. The van der Waals surface area contributed by atoms with Gasteiger partial charge in [-0.05, 0) is 50.6 Å². The van der Waals surface area contributed by atoms with Crippen LogP contribution in [-0.4, -0.2) is 11.5 Å². The monoisotopic (exact) mass is 425 g/mol. The topological polar surface area (TPSA) is 51.5 Å². The summed E-state index contributed by atoms with van der Waals surface area (Å²) in [5, 5.41) is 3.86. The van der Waals surface area contributed by atoms with Crippen molar-refractivity contribution in [2.24, 2.45) is 0 Å². The molecule has 0 saturated heterocycles. The third-order valence-electron chi connectivity index (χ3n) is 4.72. The molecule has 1 aliphatic rings. The summed E-state index contributed by atoms with van der Waals surface area (Å²) < 4.78 is 12.9. The second-order valence-corrected chi connectivity index (χ2v) is 8.07. The minimum absolute atomic E-state index is 0.228. The maximum absolute atomic E-state index is 12.7. The van der Waals surface area contributed by atoms with Gasteiger partial charge in [-0.1, -0.05) is 40.2 Å². The predicted octanol–water partition coefficient (Wildman–Crippen LogP) is 5.62. The van der Waals surface area contributed by atoms with Gasteiger partial charge in [-0.15, -0.1) is 0 Å². The molecule has 138 valence electrons. The Hall–Kier alpha value is -2.53. The zero-order valence-electron chi connectivity index (χ0n) is 15.4. The number of fused-ring (bicyclic) bond motifs is 3. The predicted molar refractivity (Wildman–Crippen MR) is 110 cm³/mol. The Kier molecular flexibility index (Phi) is 4.35. The second-order valence-electron chi connectivity index (χ2n) is 7.22. The molecule has 0 fully saturated rings. The highest BCUT2D eigenvalue weighted by molar-refractivity contribution is 9.10. The molecule has 5 heteroatoms. The largest absolute Gasteiger partial charge is 0.483 e. The van der Waals surface area contributed by atoms with E-state index in [4.69, 9.17) is 9.15 Å². The molecular weight excluding hydrogens is 406 g/mol. The van der Waals surface area contributed by atoms with E-state index in [1.54, 1.807) is 0 Å². The van der Waals surface area contributed by atoms with Crippen molar-refractivity contribution >= 4 is 38.9 Å². The number of furan rings is 1. The number of rotatable bonds is 3. The van der Waals surface area contributed by atoms with Gasteiger partial charge in [-0.3, -0.25) is 4.79 Å². The number of carbonyl (C=O) groups excluding carboxylic acids is 1. The fourth-order valence-electron chi connectivity index (χ4n) is 3.32. The van der Waals surface area contributed by atoms with E-state index in [2.05, 4.69) is 21.2 Å². The smallest absolute Gasteiger partial charge is 0.287 e. The summed E-state index contributed by atoms with van der Waals surface area (Å²) >= 11 is 3.50. The quantitative estimate of drug-likeness (QED) is 0.592. The zero-order chi connectivity index (χ0) is 19.2. The van der Waals surface area contributed by atoms with Crippen LogP contribution in [0.25, 0.3) is 17.0 Å². The lowest BCUT2D eigenvalue weighted by Gasteiger charge is -2.28. The molecule has 1 aliphatic heterocycles. The van der Waals surface area contributed by atoms with Gasteiger partial charge in [-0.2, -0.15) is 0 Å². The van der Waals surface area contributed by atoms with Gasteiger partial charge < -0.3 is 14.5 Å². The van der Waals surface area contributed by atoms with Crippen molar-refractivity contribution in [1.82, 2.24) is 5.32 Å². The molecule has 27 heavy (non-hydrogen) atoms. The van der Waals surface area contributed by atoms with Crippen molar-refractivity contribution < 1.29 is 13.9 Å². The molecular formula is C22H20BrNO3. The number of carbonyl (C=O) groups is 1. The van der Waals surface area contributed by atoms with Gasteiger partial charge in [0, 0.05) is 27.5 Å². The van der Waals surface area contributed by atoms with Crippen molar-refractivity contribution in [3.8, 4) is 5.75 Å². The fraction of sp³-hybridized carbons (Fsp3) is 0.227. The number of amides is 1. The van der Waals surface area contributed by atoms with E-state index < -0.39 is 0 Å². The van der Waals surface area contributed by atoms with Gasteiger partial charge in [0.25, 0.3) is 5.91 Å². The van der Waals surface area contributed by atoms with Crippen LogP contribution in [0.1, 0.15) is 41.1 Å². The van der Waals surface area contributed by atoms with Crippen LogP contribution in [0.5, 0.6) is 5.75 Å². The summed E-state index contributed by atoms with van der Waals surface area (Å²) in [4.78, 5) is 12.7. The van der Waals surface area contributed by atoms with E-state index in [0.29, 0.717) is 17.9 Å². The van der Waals surface area contributed by atoms with Crippen LogP contribution in [-0.2, 0) is 6.54 Å². The molecule has 1 aromatic heterocycles. The Morgan fingerprint density at radius 2 is 1.96 bits per heavy atom. The minimum atomic E-state index is -0.346. The molecule has 0 aliphatic carbocycles. The highest BCUT2D eigenvalue weighted by Crippen LogP contribution is 2.39. The van der Waals surface area contributed by atoms with E-state index in [1.165, 1.54) is 0 Å². The average molecular weight is 426 g/mol. The Balaban J connectivity index is 1.66.